The number of rotatable bonds is 3. The third-order valence-electron chi connectivity index (χ3n) is 2.15. The highest BCUT2D eigenvalue weighted by Gasteiger charge is 2.14. The van der Waals surface area contributed by atoms with Gasteiger partial charge in [0.25, 0.3) is 5.91 Å². The Kier molecular flexibility index (Phi) is 3.47. The van der Waals surface area contributed by atoms with Crippen LogP contribution in [0.15, 0.2) is 45.5 Å². The Bertz CT molecular complexity index is 606. The summed E-state index contributed by atoms with van der Waals surface area (Å²) in [5.41, 5.74) is 0.525. The summed E-state index contributed by atoms with van der Waals surface area (Å²) < 4.78 is 5.71. The summed E-state index contributed by atoms with van der Waals surface area (Å²) in [6.07, 6.45) is 1.03. The average molecular weight is 310 g/mol. The van der Waals surface area contributed by atoms with E-state index in [1.807, 2.05) is 6.07 Å². The molecule has 6 heteroatoms. The van der Waals surface area contributed by atoms with E-state index in [1.165, 1.54) is 6.07 Å². The fourth-order valence-electron chi connectivity index (χ4n) is 1.33. The molecule has 0 atom stereocenters. The van der Waals surface area contributed by atoms with E-state index in [-0.39, 0.29) is 11.3 Å². The molecule has 0 saturated heterocycles. The highest BCUT2D eigenvalue weighted by molar-refractivity contribution is 9.10. The Balaban J connectivity index is 2.14. The Morgan fingerprint density at radius 1 is 1.28 bits per heavy atom. The second kappa shape index (κ2) is 5.05. The van der Waals surface area contributed by atoms with Crippen molar-refractivity contribution in [3.05, 3.63) is 52.4 Å². The number of hydrogen-bond acceptors (Lipinski definition) is 3. The molecule has 1 aromatic carbocycles. The molecule has 0 aliphatic heterocycles. The zero-order chi connectivity index (χ0) is 13.1. The normalized spacial score (nSPS) is 10.1. The highest BCUT2D eigenvalue weighted by atomic mass is 79.9. The quantitative estimate of drug-likeness (QED) is 0.913. The number of carboxylic acid groups (broad SMARTS) is 1. The van der Waals surface area contributed by atoms with Gasteiger partial charge in [0.15, 0.2) is 5.76 Å². The Labute approximate surface area is 111 Å². The minimum Gasteiger partial charge on any atom is -0.478 e. The average Bonchev–Trinajstić information content (AvgIpc) is 2.78. The first-order valence-corrected chi connectivity index (χ1v) is 5.74. The molecule has 1 aromatic heterocycles. The van der Waals surface area contributed by atoms with Crippen molar-refractivity contribution in [1.29, 1.82) is 0 Å². The highest BCUT2D eigenvalue weighted by Crippen LogP contribution is 2.17. The first-order valence-electron chi connectivity index (χ1n) is 4.95. The van der Waals surface area contributed by atoms with Crippen molar-refractivity contribution in [2.75, 3.05) is 5.32 Å². The van der Waals surface area contributed by atoms with E-state index in [2.05, 4.69) is 21.2 Å². The molecule has 18 heavy (non-hydrogen) atoms. The summed E-state index contributed by atoms with van der Waals surface area (Å²) in [6.45, 7) is 0. The Morgan fingerprint density at radius 3 is 2.67 bits per heavy atom. The number of amides is 1. The second-order valence-electron chi connectivity index (χ2n) is 3.47. The van der Waals surface area contributed by atoms with E-state index in [0.29, 0.717) is 5.69 Å². The molecule has 5 nitrogen and oxygen atoms in total. The van der Waals surface area contributed by atoms with E-state index in [1.54, 1.807) is 18.2 Å². The van der Waals surface area contributed by atoms with Gasteiger partial charge in [0, 0.05) is 16.2 Å². The Morgan fingerprint density at radius 2 is 2.06 bits per heavy atom. The third kappa shape index (κ3) is 2.78. The number of benzene rings is 1. The number of aromatic carboxylic acids is 1. The third-order valence-corrected chi connectivity index (χ3v) is 2.65. The van der Waals surface area contributed by atoms with Crippen molar-refractivity contribution >= 4 is 33.5 Å². The molecule has 0 aliphatic rings. The maximum Gasteiger partial charge on any atom is 0.338 e. The lowest BCUT2D eigenvalue weighted by Gasteiger charge is -2.02. The summed E-state index contributed by atoms with van der Waals surface area (Å²) >= 11 is 3.28. The number of halogens is 1. The topological polar surface area (TPSA) is 79.5 Å². The molecule has 1 heterocycles. The number of anilines is 1. The van der Waals surface area contributed by atoms with Gasteiger partial charge in [0.2, 0.25) is 0 Å². The maximum atomic E-state index is 11.7. The lowest BCUT2D eigenvalue weighted by molar-refractivity contribution is 0.0696. The molecular formula is C12H8BrNO4. The molecular weight excluding hydrogens is 302 g/mol. The predicted molar refractivity (Wildman–Crippen MR) is 67.8 cm³/mol. The van der Waals surface area contributed by atoms with E-state index in [9.17, 15) is 9.59 Å². The van der Waals surface area contributed by atoms with Crippen LogP contribution in [-0.4, -0.2) is 17.0 Å². The molecule has 2 aromatic rings. The van der Waals surface area contributed by atoms with Crippen molar-refractivity contribution in [2.24, 2.45) is 0 Å². The summed E-state index contributed by atoms with van der Waals surface area (Å²) in [5, 5.41) is 11.3. The van der Waals surface area contributed by atoms with Gasteiger partial charge in [0.1, 0.15) is 6.26 Å². The van der Waals surface area contributed by atoms with Gasteiger partial charge in [-0.1, -0.05) is 22.0 Å². The monoisotopic (exact) mass is 309 g/mol. The maximum absolute atomic E-state index is 11.7. The first kappa shape index (κ1) is 12.4. The summed E-state index contributed by atoms with van der Waals surface area (Å²) in [7, 11) is 0. The molecule has 92 valence electrons. The number of carbonyl (C=O) groups is 2. The van der Waals surface area contributed by atoms with E-state index in [0.717, 1.165) is 10.7 Å². The minimum absolute atomic E-state index is 0.0487. The number of carbonyl (C=O) groups excluding carboxylic acids is 1. The van der Waals surface area contributed by atoms with Crippen LogP contribution in [-0.2, 0) is 0 Å². The van der Waals surface area contributed by atoms with E-state index < -0.39 is 11.9 Å². The summed E-state index contributed by atoms with van der Waals surface area (Å²) in [5.74, 6) is -1.69. The van der Waals surface area contributed by atoms with Crippen molar-refractivity contribution in [1.82, 2.24) is 0 Å². The van der Waals surface area contributed by atoms with Crippen molar-refractivity contribution in [3.63, 3.8) is 0 Å². The molecule has 2 rings (SSSR count). The first-order chi connectivity index (χ1) is 8.56. The number of nitrogens with one attached hydrogen (secondary N) is 1. The van der Waals surface area contributed by atoms with Crippen LogP contribution in [0.1, 0.15) is 20.9 Å². The van der Waals surface area contributed by atoms with Gasteiger partial charge in [-0.05, 0) is 18.2 Å². The lowest BCUT2D eigenvalue weighted by atomic mass is 10.3. The van der Waals surface area contributed by atoms with Crippen molar-refractivity contribution in [3.8, 4) is 0 Å². The van der Waals surface area contributed by atoms with Crippen LogP contribution in [0.2, 0.25) is 0 Å². The fraction of sp³-hybridized carbons (Fsp3) is 0. The molecule has 0 bridgehead atoms. The van der Waals surface area contributed by atoms with E-state index >= 15 is 0 Å². The van der Waals surface area contributed by atoms with Gasteiger partial charge in [-0.25, -0.2) is 4.79 Å². The summed E-state index contributed by atoms with van der Waals surface area (Å²) in [4.78, 5) is 22.4. The molecule has 2 N–H and O–H groups in total. The van der Waals surface area contributed by atoms with Gasteiger partial charge in [-0.3, -0.25) is 4.79 Å². The van der Waals surface area contributed by atoms with Crippen LogP contribution < -0.4 is 5.32 Å². The van der Waals surface area contributed by atoms with Gasteiger partial charge in [-0.2, -0.15) is 0 Å². The van der Waals surface area contributed by atoms with Gasteiger partial charge in [0.05, 0.1) is 5.56 Å². The van der Waals surface area contributed by atoms with Crippen molar-refractivity contribution < 1.29 is 19.1 Å². The number of furan rings is 1. The van der Waals surface area contributed by atoms with Crippen LogP contribution in [0, 0.1) is 0 Å². The van der Waals surface area contributed by atoms with E-state index in [4.69, 9.17) is 9.52 Å². The SMILES string of the molecule is O=C(O)c1coc(C(=O)Nc2cccc(Br)c2)c1. The van der Waals surface area contributed by atoms with Crippen molar-refractivity contribution in [2.45, 2.75) is 0 Å². The zero-order valence-electron chi connectivity index (χ0n) is 9.01. The van der Waals surface area contributed by atoms with Crippen LogP contribution in [0.25, 0.3) is 0 Å². The fourth-order valence-corrected chi connectivity index (χ4v) is 1.73. The van der Waals surface area contributed by atoms with Gasteiger partial charge in [-0.15, -0.1) is 0 Å². The second-order valence-corrected chi connectivity index (χ2v) is 4.38. The van der Waals surface area contributed by atoms with Crippen LogP contribution in [0.3, 0.4) is 0 Å². The van der Waals surface area contributed by atoms with Crippen LogP contribution >= 0.6 is 15.9 Å². The van der Waals surface area contributed by atoms with Gasteiger partial charge < -0.3 is 14.8 Å². The zero-order valence-corrected chi connectivity index (χ0v) is 10.6. The summed E-state index contributed by atoms with van der Waals surface area (Å²) in [6, 6.07) is 8.20. The molecule has 0 aliphatic carbocycles. The molecule has 0 radical (unpaired) electrons. The Hall–Kier alpha value is -2.08. The van der Waals surface area contributed by atoms with Crippen LogP contribution in [0.5, 0.6) is 0 Å². The lowest BCUT2D eigenvalue weighted by Crippen LogP contribution is -2.10. The van der Waals surface area contributed by atoms with Gasteiger partial charge >= 0.3 is 5.97 Å². The molecule has 0 saturated carbocycles. The van der Waals surface area contributed by atoms with Crippen LogP contribution in [0.4, 0.5) is 5.69 Å². The predicted octanol–water partition coefficient (Wildman–Crippen LogP) is 2.99. The largest absolute Gasteiger partial charge is 0.478 e. The molecule has 0 unspecified atom stereocenters. The number of hydrogen-bond donors (Lipinski definition) is 2. The molecule has 1 amide bonds. The molecule has 0 spiro atoms. The minimum atomic E-state index is -1.14. The smallest absolute Gasteiger partial charge is 0.338 e. The molecule has 0 fully saturated rings. The standard InChI is InChI=1S/C12H8BrNO4/c13-8-2-1-3-9(5-8)14-11(15)10-4-7(6-18-10)12(16)17/h1-6H,(H,14,15)(H,16,17). The number of carboxylic acids is 1.